The average molecular weight is 386 g/mol. The predicted molar refractivity (Wildman–Crippen MR) is 110 cm³/mol. The van der Waals surface area contributed by atoms with E-state index >= 15 is 0 Å². The second-order valence-electron chi connectivity index (χ2n) is 5.17. The topological polar surface area (TPSA) is 132 Å². The Bertz CT molecular complexity index is 868. The smallest absolute Gasteiger partial charge is 0.337 e. The number of carboxylic acids is 1. The molecule has 0 aliphatic rings. The number of anilines is 1. The first-order valence-corrected chi connectivity index (χ1v) is 7.70. The molecule has 0 bridgehead atoms. The molecule has 2 aromatic rings. The first kappa shape index (κ1) is 24.6. The zero-order valence-corrected chi connectivity index (χ0v) is 14.0. The minimum absolute atomic E-state index is 0. The summed E-state index contributed by atoms with van der Waals surface area (Å²) >= 11 is 0. The highest BCUT2D eigenvalue weighted by Gasteiger charge is 2.13. The molecule has 2 rings (SSSR count). The molecule has 150 valence electrons. The summed E-state index contributed by atoms with van der Waals surface area (Å²) in [5.74, 6) is -1.19. The van der Waals surface area contributed by atoms with Crippen molar-refractivity contribution in [2.75, 3.05) is 11.4 Å². The summed E-state index contributed by atoms with van der Waals surface area (Å²) in [5.41, 5.74) is 6.62. The number of aromatic carboxylic acids is 1. The van der Waals surface area contributed by atoms with Gasteiger partial charge in [0.05, 0.1) is 11.3 Å². The van der Waals surface area contributed by atoms with E-state index in [9.17, 15) is 20.1 Å². The van der Waals surface area contributed by atoms with Gasteiger partial charge in [0.25, 0.3) is 0 Å². The van der Waals surface area contributed by atoms with Gasteiger partial charge in [-0.25, -0.2) is 4.79 Å². The first-order chi connectivity index (χ1) is 12.5. The Labute approximate surface area is 165 Å². The zero-order chi connectivity index (χ0) is 19.1. The van der Waals surface area contributed by atoms with Gasteiger partial charge in [-0.05, 0) is 43.3 Å². The Morgan fingerprint density at radius 1 is 1.14 bits per heavy atom. The van der Waals surface area contributed by atoms with Crippen LogP contribution in [-0.4, -0.2) is 27.8 Å². The van der Waals surface area contributed by atoms with Crippen molar-refractivity contribution in [3.63, 3.8) is 0 Å². The summed E-state index contributed by atoms with van der Waals surface area (Å²) in [5, 5.41) is 35.6. The molecule has 8 nitrogen and oxygen atoms in total. The van der Waals surface area contributed by atoms with Crippen LogP contribution in [0.1, 0.15) is 44.0 Å². The molecule has 8 heteroatoms. The highest BCUT2D eigenvalue weighted by molar-refractivity contribution is 5.93. The van der Waals surface area contributed by atoms with E-state index in [-0.39, 0.29) is 31.7 Å². The summed E-state index contributed by atoms with van der Waals surface area (Å²) < 4.78 is 0. The fourth-order valence-electron chi connectivity index (χ4n) is 2.19. The SMILES string of the molecule is C.C.CCN(C#CN)c1ccc(N=Nc2cc(C(O)O)ccc2C(=O)O)cc1. The summed E-state index contributed by atoms with van der Waals surface area (Å²) in [7, 11) is 0. The molecule has 0 aliphatic heterocycles. The molecule has 0 unspecified atom stereocenters. The van der Waals surface area contributed by atoms with Crippen LogP contribution in [0.3, 0.4) is 0 Å². The number of nitrogens with two attached hydrogens (primary N) is 1. The van der Waals surface area contributed by atoms with Crippen molar-refractivity contribution in [1.82, 2.24) is 0 Å². The van der Waals surface area contributed by atoms with Gasteiger partial charge in [-0.15, -0.1) is 5.11 Å². The van der Waals surface area contributed by atoms with Crippen molar-refractivity contribution in [3.8, 4) is 12.1 Å². The van der Waals surface area contributed by atoms with Crippen LogP contribution in [0.5, 0.6) is 0 Å². The van der Waals surface area contributed by atoms with Crippen LogP contribution in [0.2, 0.25) is 0 Å². The van der Waals surface area contributed by atoms with Gasteiger partial charge in [0.15, 0.2) is 6.29 Å². The Morgan fingerprint density at radius 3 is 2.29 bits per heavy atom. The van der Waals surface area contributed by atoms with E-state index in [4.69, 9.17) is 5.73 Å². The molecule has 0 radical (unpaired) electrons. The van der Waals surface area contributed by atoms with Crippen molar-refractivity contribution in [3.05, 3.63) is 53.6 Å². The van der Waals surface area contributed by atoms with Crippen LogP contribution in [0.25, 0.3) is 0 Å². The molecule has 2 aromatic carbocycles. The number of carbonyl (C=O) groups is 1. The molecule has 0 amide bonds. The van der Waals surface area contributed by atoms with E-state index in [1.54, 1.807) is 29.2 Å². The third kappa shape index (κ3) is 6.09. The third-order valence-corrected chi connectivity index (χ3v) is 3.50. The number of carboxylic acid groups (broad SMARTS) is 1. The van der Waals surface area contributed by atoms with E-state index in [1.807, 2.05) is 6.92 Å². The normalized spacial score (nSPS) is 9.86. The van der Waals surface area contributed by atoms with Crippen LogP contribution in [0.15, 0.2) is 52.7 Å². The van der Waals surface area contributed by atoms with Crippen molar-refractivity contribution >= 4 is 23.0 Å². The van der Waals surface area contributed by atoms with E-state index in [2.05, 4.69) is 22.3 Å². The molecule has 0 saturated carbocycles. The lowest BCUT2D eigenvalue weighted by Crippen LogP contribution is -2.15. The van der Waals surface area contributed by atoms with Gasteiger partial charge in [0.2, 0.25) is 0 Å². The monoisotopic (exact) mass is 386 g/mol. The molecule has 5 N–H and O–H groups in total. The maximum Gasteiger partial charge on any atom is 0.337 e. The lowest BCUT2D eigenvalue weighted by molar-refractivity contribution is -0.0424. The predicted octanol–water partition coefficient (Wildman–Crippen LogP) is 3.76. The van der Waals surface area contributed by atoms with Gasteiger partial charge >= 0.3 is 5.97 Å². The molecule has 0 spiro atoms. The fourth-order valence-corrected chi connectivity index (χ4v) is 2.19. The largest absolute Gasteiger partial charge is 0.478 e. The Morgan fingerprint density at radius 2 is 1.79 bits per heavy atom. The van der Waals surface area contributed by atoms with Crippen molar-refractivity contribution < 1.29 is 20.1 Å². The van der Waals surface area contributed by atoms with Crippen LogP contribution in [-0.2, 0) is 0 Å². The Balaban J connectivity index is 0.00000364. The quantitative estimate of drug-likeness (QED) is 0.259. The molecule has 0 fully saturated rings. The number of rotatable bonds is 6. The fraction of sp³-hybridized carbons (Fsp3) is 0.250. The van der Waals surface area contributed by atoms with Gasteiger partial charge in [0, 0.05) is 29.9 Å². The zero-order valence-electron chi connectivity index (χ0n) is 14.0. The maximum absolute atomic E-state index is 11.3. The average Bonchev–Trinajstić information content (AvgIpc) is 2.64. The highest BCUT2D eigenvalue weighted by Crippen LogP contribution is 2.27. The third-order valence-electron chi connectivity index (χ3n) is 3.50. The number of benzene rings is 2. The number of azo groups is 1. The van der Waals surface area contributed by atoms with Gasteiger partial charge in [-0.2, -0.15) is 5.11 Å². The second kappa shape index (κ2) is 11.3. The Kier molecular flexibility index (Phi) is 9.95. The molecule has 0 atom stereocenters. The van der Waals surface area contributed by atoms with Crippen molar-refractivity contribution in [2.24, 2.45) is 16.0 Å². The number of hydrogen-bond donors (Lipinski definition) is 4. The highest BCUT2D eigenvalue weighted by atomic mass is 16.5. The molecule has 0 saturated heterocycles. The van der Waals surface area contributed by atoms with E-state index < -0.39 is 12.3 Å². The van der Waals surface area contributed by atoms with E-state index in [0.29, 0.717) is 12.2 Å². The number of aliphatic hydroxyl groups excluding tert-OH is 1. The molecular weight excluding hydrogens is 360 g/mol. The van der Waals surface area contributed by atoms with Crippen molar-refractivity contribution in [1.29, 1.82) is 0 Å². The summed E-state index contributed by atoms with van der Waals surface area (Å²) in [4.78, 5) is 13.0. The number of nitrogens with zero attached hydrogens (tertiary/aromatic N) is 3. The lowest BCUT2D eigenvalue weighted by Gasteiger charge is -2.14. The standard InChI is InChI=1S/C18H18N4O4.2CH4/c1-2-22(10-9-19)14-6-4-13(5-7-14)20-21-16-11-12(17(23)24)3-8-15(16)18(25)26;;/h3-8,11,17,23-24H,2,19H2,1H3,(H,25,26);2*1H4. The second-order valence-corrected chi connectivity index (χ2v) is 5.17. The minimum atomic E-state index is -1.73. The van der Waals surface area contributed by atoms with Gasteiger partial charge in [-0.1, -0.05) is 20.9 Å². The summed E-state index contributed by atoms with van der Waals surface area (Å²) in [6.45, 7) is 2.59. The van der Waals surface area contributed by atoms with Gasteiger partial charge < -0.3 is 26.0 Å². The maximum atomic E-state index is 11.3. The molecule has 28 heavy (non-hydrogen) atoms. The van der Waals surface area contributed by atoms with Crippen LogP contribution >= 0.6 is 0 Å². The number of aliphatic hydroxyl groups is 2. The minimum Gasteiger partial charge on any atom is -0.478 e. The van der Waals surface area contributed by atoms with Crippen LogP contribution in [0.4, 0.5) is 17.1 Å². The number of hydrogen-bond acceptors (Lipinski definition) is 7. The molecule has 0 aliphatic carbocycles. The van der Waals surface area contributed by atoms with Crippen molar-refractivity contribution in [2.45, 2.75) is 28.1 Å². The molecular formula is C20H26N4O4. The first-order valence-electron chi connectivity index (χ1n) is 7.70. The van der Waals surface area contributed by atoms with Crippen LogP contribution < -0.4 is 10.6 Å². The van der Waals surface area contributed by atoms with E-state index in [0.717, 1.165) is 5.69 Å². The Hall–Kier alpha value is -3.41. The summed E-state index contributed by atoms with van der Waals surface area (Å²) in [6.07, 6.45) is -1.73. The van der Waals surface area contributed by atoms with Crippen LogP contribution in [0, 0.1) is 12.1 Å². The summed E-state index contributed by atoms with van der Waals surface area (Å²) in [6, 6.07) is 15.9. The molecule has 0 heterocycles. The molecule has 0 aromatic heterocycles. The van der Waals surface area contributed by atoms with Gasteiger partial charge in [0.1, 0.15) is 5.69 Å². The van der Waals surface area contributed by atoms with Gasteiger partial charge in [-0.3, -0.25) is 0 Å². The van der Waals surface area contributed by atoms with E-state index in [1.165, 1.54) is 18.2 Å². The lowest BCUT2D eigenvalue weighted by atomic mass is 10.1.